The molecule has 4 aliphatic heterocycles. The minimum Gasteiger partial charge on any atom is -0.477 e. The fraction of sp³-hybridized carbons (Fsp3) is 0.594. The Bertz CT molecular complexity index is 1720. The van der Waals surface area contributed by atoms with Gasteiger partial charge in [-0.2, -0.15) is 8.42 Å². The topological polar surface area (TPSA) is 113 Å². The molecule has 7 aliphatic rings. The second kappa shape index (κ2) is 8.87. The number of amides is 1. The molecule has 2 spiro atoms. The van der Waals surface area contributed by atoms with Crippen LogP contribution in [0.25, 0.3) is 5.82 Å². The van der Waals surface area contributed by atoms with E-state index in [0.29, 0.717) is 40.9 Å². The molecule has 2 atom stereocenters. The highest BCUT2D eigenvalue weighted by Crippen LogP contribution is 2.93. The Morgan fingerprint density at radius 1 is 1.11 bits per heavy atom. The third-order valence-corrected chi connectivity index (χ3v) is 13.3. The molecule has 2 aromatic heterocycles. The van der Waals surface area contributed by atoms with Crippen LogP contribution in [0.15, 0.2) is 47.7 Å². The molecule has 3 aliphatic carbocycles. The quantitative estimate of drug-likeness (QED) is 0.533. The van der Waals surface area contributed by atoms with E-state index < -0.39 is 22.1 Å². The van der Waals surface area contributed by atoms with Crippen LogP contribution < -0.4 is 15.0 Å². The lowest BCUT2D eigenvalue weighted by molar-refractivity contribution is 0.0243. The third kappa shape index (κ3) is 3.70. The van der Waals surface area contributed by atoms with E-state index in [1.165, 1.54) is 25.7 Å². The second-order valence-electron chi connectivity index (χ2n) is 14.5. The van der Waals surface area contributed by atoms with Crippen molar-refractivity contribution in [2.24, 2.45) is 22.7 Å². The van der Waals surface area contributed by atoms with Gasteiger partial charge in [-0.1, -0.05) is 6.08 Å². The zero-order valence-corrected chi connectivity index (χ0v) is 26.1. The molecular formula is C32H39N7O4S. The van der Waals surface area contributed by atoms with E-state index in [1.54, 1.807) is 34.0 Å². The number of nitrogens with one attached hydrogen (secondary N) is 1. The highest BCUT2D eigenvalue weighted by molar-refractivity contribution is 7.94. The van der Waals surface area contributed by atoms with Crippen LogP contribution in [0, 0.1) is 22.7 Å². The van der Waals surface area contributed by atoms with Gasteiger partial charge in [0, 0.05) is 24.3 Å². The predicted octanol–water partition coefficient (Wildman–Crippen LogP) is 3.95. The largest absolute Gasteiger partial charge is 0.477 e. The Kier molecular flexibility index (Phi) is 5.44. The molecule has 232 valence electrons. The summed E-state index contributed by atoms with van der Waals surface area (Å²) in [5.74, 6) is 2.26. The van der Waals surface area contributed by atoms with Gasteiger partial charge in [-0.15, -0.1) is 9.51 Å². The van der Waals surface area contributed by atoms with Crippen molar-refractivity contribution in [2.75, 3.05) is 24.6 Å². The van der Waals surface area contributed by atoms with Gasteiger partial charge in [0.05, 0.1) is 12.2 Å². The lowest BCUT2D eigenvalue weighted by Crippen LogP contribution is -2.67. The van der Waals surface area contributed by atoms with E-state index in [4.69, 9.17) is 9.72 Å². The van der Waals surface area contributed by atoms with E-state index >= 15 is 0 Å². The molecule has 1 amide bonds. The standard InChI is InChI=1S/C32H39N7O4S/c1-30(2)19-21-5-4-16-33-24-6-3-7-27-38(24)39(44(27,41)42)29(40)22-8-9-25(34-28(22)36(30)20-21)37-17-10-26(35-37)43-18-11-23-31(12-13-31)32(23)14-15-32/h3,6-10,17,21,23-24,33H,4-5,11-16,18-20H2,1-2H3/t21-,24?/m0/s1. The molecular weight excluding hydrogens is 578 g/mol. The first-order chi connectivity index (χ1) is 21.1. The summed E-state index contributed by atoms with van der Waals surface area (Å²) < 4.78 is 35.4. The number of carbonyl (C=O) groups excluding carboxylic acids is 1. The monoisotopic (exact) mass is 617 g/mol. The number of carbonyl (C=O) groups is 1. The lowest BCUT2D eigenvalue weighted by atomic mass is 9.93. The summed E-state index contributed by atoms with van der Waals surface area (Å²) in [6.45, 7) is 6.47. The molecule has 1 N–H and O–H groups in total. The minimum absolute atomic E-state index is 0.124. The fourth-order valence-electron chi connectivity index (χ4n) is 9.26. The van der Waals surface area contributed by atoms with Crippen LogP contribution in [0.2, 0.25) is 0 Å². The van der Waals surface area contributed by atoms with E-state index in [9.17, 15) is 13.2 Å². The molecule has 12 heteroatoms. The van der Waals surface area contributed by atoms with Crippen molar-refractivity contribution in [3.05, 3.63) is 53.2 Å². The van der Waals surface area contributed by atoms with Crippen LogP contribution >= 0.6 is 0 Å². The Morgan fingerprint density at radius 2 is 1.91 bits per heavy atom. The van der Waals surface area contributed by atoms with Crippen molar-refractivity contribution in [3.8, 4) is 11.7 Å². The average molecular weight is 618 g/mol. The number of sulfonamides is 1. The smallest absolute Gasteiger partial charge is 0.302 e. The molecule has 6 heterocycles. The molecule has 5 fully saturated rings. The normalized spacial score (nSPS) is 29.6. The second-order valence-corrected chi connectivity index (χ2v) is 16.2. The lowest BCUT2D eigenvalue weighted by Gasteiger charge is -2.49. The average Bonchev–Trinajstić information content (AvgIpc) is 3.94. The van der Waals surface area contributed by atoms with Crippen LogP contribution in [0.5, 0.6) is 5.88 Å². The first-order valence-corrected chi connectivity index (χ1v) is 17.6. The number of anilines is 1. The Balaban J connectivity index is 1.03. The van der Waals surface area contributed by atoms with Crippen LogP contribution in [0.3, 0.4) is 0 Å². The molecule has 0 aromatic carbocycles. The van der Waals surface area contributed by atoms with Gasteiger partial charge in [-0.3, -0.25) is 10.1 Å². The number of aromatic nitrogens is 3. The molecule has 9 rings (SSSR count). The van der Waals surface area contributed by atoms with Gasteiger partial charge in [-0.25, -0.2) is 14.7 Å². The van der Waals surface area contributed by atoms with E-state index in [-0.39, 0.29) is 16.1 Å². The number of hydrogen-bond donors (Lipinski definition) is 1. The van der Waals surface area contributed by atoms with Gasteiger partial charge in [0.2, 0.25) is 5.88 Å². The summed E-state index contributed by atoms with van der Waals surface area (Å²) in [6.07, 6.45) is 16.2. The fourth-order valence-corrected chi connectivity index (χ4v) is 10.7. The third-order valence-electron chi connectivity index (χ3n) is 11.6. The van der Waals surface area contributed by atoms with Gasteiger partial charge in [0.25, 0.3) is 5.91 Å². The number of fused-ring (bicyclic) bond motifs is 5. The SMILES string of the molecule is CC1(C)C[C@@H]2CCCNC3C=CC=C4N3N(C(=O)c3ccc(-n5ccc(OCCC6C7(CC7)C67CC7)n5)nc3N1C2)S4(=O)=O. The summed E-state index contributed by atoms with van der Waals surface area (Å²) in [6, 6.07) is 5.29. The number of hydrogen-bond acceptors (Lipinski definition) is 9. The number of rotatable bonds is 5. The predicted molar refractivity (Wildman–Crippen MR) is 163 cm³/mol. The molecule has 2 bridgehead atoms. The molecule has 3 saturated carbocycles. The summed E-state index contributed by atoms with van der Waals surface area (Å²) in [5, 5.41) is 9.78. The zero-order chi connectivity index (χ0) is 30.1. The van der Waals surface area contributed by atoms with Gasteiger partial charge in [0.15, 0.2) is 10.8 Å². The highest BCUT2D eigenvalue weighted by atomic mass is 32.2. The maximum absolute atomic E-state index is 14.2. The van der Waals surface area contributed by atoms with Crippen LogP contribution in [-0.4, -0.2) is 69.9 Å². The van der Waals surface area contributed by atoms with Gasteiger partial charge in [-0.05, 0) is 119 Å². The maximum Gasteiger partial charge on any atom is 0.302 e. The minimum atomic E-state index is -3.96. The summed E-state index contributed by atoms with van der Waals surface area (Å²) in [7, 11) is -3.96. The number of allylic oxidation sites excluding steroid dienone is 2. The van der Waals surface area contributed by atoms with Crippen LogP contribution in [0.1, 0.15) is 75.6 Å². The number of ether oxygens (including phenoxy) is 1. The number of pyridine rings is 1. The molecule has 0 radical (unpaired) electrons. The molecule has 2 aromatic rings. The van der Waals surface area contributed by atoms with E-state index in [0.717, 1.165) is 49.1 Å². The highest BCUT2D eigenvalue weighted by Gasteiger charge is 2.85. The maximum atomic E-state index is 14.2. The first-order valence-electron chi connectivity index (χ1n) is 16.1. The van der Waals surface area contributed by atoms with Crippen molar-refractivity contribution in [1.82, 2.24) is 29.5 Å². The molecule has 44 heavy (non-hydrogen) atoms. The molecule has 2 saturated heterocycles. The Morgan fingerprint density at radius 3 is 2.68 bits per heavy atom. The Hall–Kier alpha value is -3.38. The van der Waals surface area contributed by atoms with E-state index in [1.807, 2.05) is 18.3 Å². The summed E-state index contributed by atoms with van der Waals surface area (Å²) >= 11 is 0. The molecule has 1 unspecified atom stereocenters. The number of hydrazine groups is 1. The van der Waals surface area contributed by atoms with Gasteiger partial charge >= 0.3 is 10.0 Å². The number of nitrogens with zero attached hydrogens (tertiary/aromatic N) is 6. The molecule has 11 nitrogen and oxygen atoms in total. The van der Waals surface area contributed by atoms with Crippen molar-refractivity contribution in [3.63, 3.8) is 0 Å². The van der Waals surface area contributed by atoms with Crippen molar-refractivity contribution >= 4 is 21.7 Å². The Labute approximate surface area is 257 Å². The first kappa shape index (κ1) is 27.0. The van der Waals surface area contributed by atoms with Crippen molar-refractivity contribution < 1.29 is 17.9 Å². The van der Waals surface area contributed by atoms with Gasteiger partial charge < -0.3 is 9.64 Å². The van der Waals surface area contributed by atoms with Crippen LogP contribution in [0.4, 0.5) is 5.82 Å². The van der Waals surface area contributed by atoms with Crippen molar-refractivity contribution in [1.29, 1.82) is 0 Å². The van der Waals surface area contributed by atoms with Gasteiger partial charge in [0.1, 0.15) is 12.0 Å². The summed E-state index contributed by atoms with van der Waals surface area (Å²) in [4.78, 5) is 21.4. The summed E-state index contributed by atoms with van der Waals surface area (Å²) in [5.41, 5.74) is 1.33. The van der Waals surface area contributed by atoms with Crippen molar-refractivity contribution in [2.45, 2.75) is 76.9 Å². The van der Waals surface area contributed by atoms with Crippen LogP contribution in [-0.2, 0) is 10.0 Å². The van der Waals surface area contributed by atoms with E-state index in [2.05, 4.69) is 29.2 Å². The zero-order valence-electron chi connectivity index (χ0n) is 25.3.